The Hall–Kier alpha value is -2.60. The van der Waals surface area contributed by atoms with Gasteiger partial charge in [-0.1, -0.05) is 50.1 Å². The Balaban J connectivity index is 3.21. The van der Waals surface area contributed by atoms with Crippen molar-refractivity contribution in [2.24, 2.45) is 0 Å². The zero-order valence-electron chi connectivity index (χ0n) is 10.8. The molecule has 0 saturated carbocycles. The second kappa shape index (κ2) is 6.36. The zero-order valence-corrected chi connectivity index (χ0v) is 10.8. The fraction of sp³-hybridized carbons (Fsp3) is 0.125. The lowest BCUT2D eigenvalue weighted by Crippen LogP contribution is -2.14. The Morgan fingerprint density at radius 1 is 1.42 bits per heavy atom. The summed E-state index contributed by atoms with van der Waals surface area (Å²) in [6, 6.07) is 9.17. The van der Waals surface area contributed by atoms with Gasteiger partial charge in [0.15, 0.2) is 6.10 Å². The third-order valence-corrected chi connectivity index (χ3v) is 2.53. The molecule has 1 unspecified atom stereocenters. The number of nitriles is 1. The topological polar surface area (TPSA) is 50.1 Å². The Morgan fingerprint density at radius 3 is 2.58 bits per heavy atom. The highest BCUT2D eigenvalue weighted by atomic mass is 16.5. The molecule has 1 rings (SSSR count). The van der Waals surface area contributed by atoms with Crippen LogP contribution in [-0.2, 0) is 9.53 Å². The van der Waals surface area contributed by atoms with Crippen LogP contribution < -0.4 is 0 Å². The second-order valence-electron chi connectivity index (χ2n) is 4.04. The van der Waals surface area contributed by atoms with Gasteiger partial charge in [-0.05, 0) is 12.5 Å². The highest BCUT2D eigenvalue weighted by Gasteiger charge is 2.22. The van der Waals surface area contributed by atoms with E-state index in [-0.39, 0.29) is 11.1 Å². The van der Waals surface area contributed by atoms with Gasteiger partial charge in [-0.3, -0.25) is 0 Å². The van der Waals surface area contributed by atoms with Gasteiger partial charge in [0.2, 0.25) is 0 Å². The van der Waals surface area contributed by atoms with E-state index in [0.29, 0.717) is 5.56 Å². The van der Waals surface area contributed by atoms with Crippen LogP contribution in [0.4, 0.5) is 0 Å². The summed E-state index contributed by atoms with van der Waals surface area (Å²) in [5.41, 5.74) is 1.90. The van der Waals surface area contributed by atoms with Crippen LogP contribution >= 0.6 is 0 Å². The van der Waals surface area contributed by atoms with Crippen molar-refractivity contribution in [2.45, 2.75) is 13.0 Å². The van der Waals surface area contributed by atoms with Crippen molar-refractivity contribution in [3.63, 3.8) is 0 Å². The van der Waals surface area contributed by atoms with Crippen LogP contribution in [0.3, 0.4) is 0 Å². The summed E-state index contributed by atoms with van der Waals surface area (Å²) in [6.45, 7) is 12.4. The Labute approximate surface area is 113 Å². The molecule has 1 aromatic carbocycles. The number of nitrogens with zero attached hydrogens (tertiary/aromatic N) is 1. The van der Waals surface area contributed by atoms with E-state index in [1.54, 1.807) is 25.1 Å². The van der Waals surface area contributed by atoms with Crippen molar-refractivity contribution in [1.82, 2.24) is 0 Å². The smallest absolute Gasteiger partial charge is 0.334 e. The van der Waals surface area contributed by atoms with Crippen molar-refractivity contribution in [3.8, 4) is 6.07 Å². The van der Waals surface area contributed by atoms with E-state index >= 15 is 0 Å². The van der Waals surface area contributed by atoms with Crippen LogP contribution in [-0.4, -0.2) is 5.97 Å². The van der Waals surface area contributed by atoms with E-state index < -0.39 is 12.1 Å². The van der Waals surface area contributed by atoms with Gasteiger partial charge < -0.3 is 4.74 Å². The first kappa shape index (κ1) is 14.5. The molecule has 0 aliphatic carbocycles. The number of rotatable bonds is 5. The number of ether oxygens (including phenoxy) is 1. The van der Waals surface area contributed by atoms with Crippen molar-refractivity contribution >= 4 is 12.0 Å². The minimum atomic E-state index is -0.816. The van der Waals surface area contributed by atoms with Crippen LogP contribution in [0, 0.1) is 11.3 Å². The Morgan fingerprint density at radius 2 is 2.05 bits per heavy atom. The van der Waals surface area contributed by atoms with Gasteiger partial charge in [0.1, 0.15) is 0 Å². The monoisotopic (exact) mass is 253 g/mol. The standard InChI is InChI=1S/C16H15NO2/c1-5-13-8-6-7-9-14(13)15(12(4)10-17)19-16(18)11(2)3/h5-9,15H,1-2,4H2,3H3. The minimum absolute atomic E-state index is 0.156. The average Bonchev–Trinajstić information content (AvgIpc) is 2.43. The number of carbonyl (C=O) groups excluding carboxylic acids is 1. The molecule has 0 N–H and O–H groups in total. The molecule has 0 saturated heterocycles. The fourth-order valence-corrected chi connectivity index (χ4v) is 1.52. The SMILES string of the molecule is C=Cc1ccccc1C(OC(=O)C(=C)C)C(=C)C#N. The second-order valence-corrected chi connectivity index (χ2v) is 4.04. The summed E-state index contributed by atoms with van der Waals surface area (Å²) in [6.07, 6.45) is 0.824. The molecule has 0 heterocycles. The molecule has 0 bridgehead atoms. The van der Waals surface area contributed by atoms with Crippen molar-refractivity contribution in [1.29, 1.82) is 5.26 Å². The van der Waals surface area contributed by atoms with Gasteiger partial charge in [0.05, 0.1) is 11.6 Å². The average molecular weight is 253 g/mol. The summed E-state index contributed by atoms with van der Waals surface area (Å²) in [7, 11) is 0. The molecule has 0 aromatic heterocycles. The highest BCUT2D eigenvalue weighted by molar-refractivity contribution is 5.87. The summed E-state index contributed by atoms with van der Waals surface area (Å²) in [5, 5.41) is 8.99. The number of hydrogen-bond donors (Lipinski definition) is 0. The van der Waals surface area contributed by atoms with Crippen molar-refractivity contribution in [3.05, 3.63) is 66.3 Å². The van der Waals surface area contributed by atoms with Gasteiger partial charge in [-0.2, -0.15) is 5.26 Å². The van der Waals surface area contributed by atoms with Crippen LogP contribution in [0.2, 0.25) is 0 Å². The maximum absolute atomic E-state index is 11.6. The maximum Gasteiger partial charge on any atom is 0.334 e. The molecular weight excluding hydrogens is 238 g/mol. The molecule has 1 aromatic rings. The number of carbonyl (C=O) groups is 1. The van der Waals surface area contributed by atoms with Gasteiger partial charge in [-0.15, -0.1) is 0 Å². The van der Waals surface area contributed by atoms with E-state index in [9.17, 15) is 4.79 Å². The largest absolute Gasteiger partial charge is 0.448 e. The lowest BCUT2D eigenvalue weighted by atomic mass is 9.98. The molecule has 0 fully saturated rings. The van der Waals surface area contributed by atoms with Crippen molar-refractivity contribution in [2.75, 3.05) is 0 Å². The Kier molecular flexibility index (Phi) is 4.84. The number of esters is 1. The molecule has 0 spiro atoms. The van der Waals surface area contributed by atoms with E-state index in [2.05, 4.69) is 19.7 Å². The molecule has 0 amide bonds. The first-order valence-electron chi connectivity index (χ1n) is 5.68. The molecule has 3 heteroatoms. The summed E-state index contributed by atoms with van der Waals surface area (Å²) in [5.74, 6) is -0.555. The van der Waals surface area contributed by atoms with Gasteiger partial charge in [0.25, 0.3) is 0 Å². The van der Waals surface area contributed by atoms with Crippen LogP contribution in [0.15, 0.2) is 55.1 Å². The summed E-state index contributed by atoms with van der Waals surface area (Å²) < 4.78 is 5.28. The van der Waals surface area contributed by atoms with E-state index in [1.165, 1.54) is 0 Å². The molecule has 96 valence electrons. The van der Waals surface area contributed by atoms with Gasteiger partial charge in [0, 0.05) is 11.1 Å². The molecule has 3 nitrogen and oxygen atoms in total. The predicted octanol–water partition coefficient (Wildman–Crippen LogP) is 3.57. The quantitative estimate of drug-likeness (QED) is 0.458. The molecular formula is C16H15NO2. The number of benzene rings is 1. The van der Waals surface area contributed by atoms with E-state index in [0.717, 1.165) is 5.56 Å². The minimum Gasteiger partial charge on any atom is -0.448 e. The third-order valence-electron chi connectivity index (χ3n) is 2.53. The Bertz CT molecular complexity index is 579. The predicted molar refractivity (Wildman–Crippen MR) is 74.9 cm³/mol. The van der Waals surface area contributed by atoms with Crippen LogP contribution in [0.1, 0.15) is 24.2 Å². The van der Waals surface area contributed by atoms with Crippen LogP contribution in [0.25, 0.3) is 6.08 Å². The molecule has 0 radical (unpaired) electrons. The van der Waals surface area contributed by atoms with E-state index in [4.69, 9.17) is 10.00 Å². The summed E-state index contributed by atoms with van der Waals surface area (Å²) >= 11 is 0. The zero-order chi connectivity index (χ0) is 14.4. The lowest BCUT2D eigenvalue weighted by molar-refractivity contribution is -0.142. The first-order valence-corrected chi connectivity index (χ1v) is 5.68. The summed E-state index contributed by atoms with van der Waals surface area (Å²) in [4.78, 5) is 11.6. The molecule has 19 heavy (non-hydrogen) atoms. The van der Waals surface area contributed by atoms with Gasteiger partial charge in [-0.25, -0.2) is 4.79 Å². The molecule has 0 aliphatic rings. The normalized spacial score (nSPS) is 10.9. The molecule has 1 atom stereocenters. The first-order chi connectivity index (χ1) is 9.01. The lowest BCUT2D eigenvalue weighted by Gasteiger charge is -2.19. The van der Waals surface area contributed by atoms with Gasteiger partial charge >= 0.3 is 5.97 Å². The fourth-order valence-electron chi connectivity index (χ4n) is 1.52. The van der Waals surface area contributed by atoms with E-state index in [1.807, 2.05) is 18.2 Å². The van der Waals surface area contributed by atoms with Crippen molar-refractivity contribution < 1.29 is 9.53 Å². The molecule has 0 aliphatic heterocycles. The highest BCUT2D eigenvalue weighted by Crippen LogP contribution is 2.28. The maximum atomic E-state index is 11.6. The third kappa shape index (κ3) is 3.43. The van der Waals surface area contributed by atoms with Crippen LogP contribution in [0.5, 0.6) is 0 Å². The number of hydrogen-bond acceptors (Lipinski definition) is 3.